The predicted molar refractivity (Wildman–Crippen MR) is 60.3 cm³/mol. The van der Waals surface area contributed by atoms with Gasteiger partial charge >= 0.3 is 5.97 Å². The third-order valence-corrected chi connectivity index (χ3v) is 2.37. The molecule has 1 atom stereocenters. The molecule has 0 fully saturated rings. The number of methoxy groups -OCH3 is 1. The highest BCUT2D eigenvalue weighted by molar-refractivity contribution is 5.81. The largest absolute Gasteiger partial charge is 0.466 e. The molecule has 1 unspecified atom stereocenters. The summed E-state index contributed by atoms with van der Waals surface area (Å²) in [5.41, 5.74) is -0.373. The first-order chi connectivity index (χ1) is 8.05. The van der Waals surface area contributed by atoms with Crippen molar-refractivity contribution in [2.45, 2.75) is 32.8 Å². The highest BCUT2D eigenvalue weighted by atomic mass is 19.1. The van der Waals surface area contributed by atoms with E-state index in [2.05, 4.69) is 9.72 Å². The van der Waals surface area contributed by atoms with Crippen molar-refractivity contribution >= 4 is 5.97 Å². The van der Waals surface area contributed by atoms with Crippen LogP contribution >= 0.6 is 0 Å². The summed E-state index contributed by atoms with van der Waals surface area (Å²) in [5, 5.41) is 0. The molecule has 0 saturated heterocycles. The Kier molecular flexibility index (Phi) is 4.04. The highest BCUT2D eigenvalue weighted by Crippen LogP contribution is 2.33. The maximum Gasteiger partial charge on any atom is 0.350 e. The Morgan fingerprint density at radius 1 is 1.53 bits per heavy atom. The molecule has 0 saturated carbocycles. The van der Waals surface area contributed by atoms with Crippen LogP contribution in [-0.2, 0) is 16.0 Å². The van der Waals surface area contributed by atoms with Crippen LogP contribution in [0.4, 0.5) is 4.39 Å². The summed E-state index contributed by atoms with van der Waals surface area (Å²) < 4.78 is 22.7. The summed E-state index contributed by atoms with van der Waals surface area (Å²) in [6.07, 6.45) is 0.349. The number of carbonyl (C=O) groups excluding carboxylic acids is 1. The molecular weight excluding hydrogens is 225 g/mol. The van der Waals surface area contributed by atoms with Gasteiger partial charge < -0.3 is 9.47 Å². The lowest BCUT2D eigenvalue weighted by Crippen LogP contribution is -2.41. The molecule has 0 aliphatic carbocycles. The third-order valence-electron chi connectivity index (χ3n) is 2.37. The number of hydrogen-bond acceptors (Lipinski definition) is 4. The van der Waals surface area contributed by atoms with Gasteiger partial charge in [0.05, 0.1) is 7.11 Å². The van der Waals surface area contributed by atoms with Crippen molar-refractivity contribution in [3.8, 4) is 5.88 Å². The van der Waals surface area contributed by atoms with Gasteiger partial charge in [0.1, 0.15) is 0 Å². The van der Waals surface area contributed by atoms with Crippen LogP contribution in [-0.4, -0.2) is 23.7 Å². The molecule has 0 amide bonds. The number of fused-ring (bicyclic) bond motifs is 1. The first kappa shape index (κ1) is 13.4. The summed E-state index contributed by atoms with van der Waals surface area (Å²) in [6, 6.07) is 2.80. The zero-order valence-electron chi connectivity index (χ0n) is 10.4. The van der Waals surface area contributed by atoms with Gasteiger partial charge in [0, 0.05) is 12.0 Å². The average Bonchev–Trinajstić information content (AvgIpc) is 2.67. The molecule has 0 radical (unpaired) electrons. The molecule has 1 aliphatic rings. The van der Waals surface area contributed by atoms with E-state index >= 15 is 0 Å². The minimum atomic E-state index is -1.09. The highest BCUT2D eigenvalue weighted by Gasteiger charge is 2.43. The predicted octanol–water partition coefficient (Wildman–Crippen LogP) is 2.11. The van der Waals surface area contributed by atoms with Gasteiger partial charge in [0.25, 0.3) is 0 Å². The van der Waals surface area contributed by atoms with E-state index < -0.39 is 17.5 Å². The minimum absolute atomic E-state index is 0.169. The number of ether oxygens (including phenoxy) is 2. The number of rotatable bonds is 1. The Morgan fingerprint density at radius 3 is 2.76 bits per heavy atom. The number of hydrogen-bond donors (Lipinski definition) is 0. The summed E-state index contributed by atoms with van der Waals surface area (Å²) in [5.74, 6) is -0.938. The molecular formula is C12H16FNO3. The van der Waals surface area contributed by atoms with E-state index in [-0.39, 0.29) is 5.88 Å². The van der Waals surface area contributed by atoms with Crippen molar-refractivity contribution in [3.05, 3.63) is 23.6 Å². The van der Waals surface area contributed by atoms with Crippen LogP contribution in [0, 0.1) is 5.95 Å². The van der Waals surface area contributed by atoms with Crippen molar-refractivity contribution in [3.63, 3.8) is 0 Å². The first-order valence-electron chi connectivity index (χ1n) is 5.48. The summed E-state index contributed by atoms with van der Waals surface area (Å²) in [6.45, 7) is 5.60. The van der Waals surface area contributed by atoms with Gasteiger partial charge in [-0.05, 0) is 19.1 Å². The SMILES string of the molecule is CC.COC(=O)C1(C)Cc2ccc(F)nc2O1. The number of nitrogens with zero attached hydrogens (tertiary/aromatic N) is 1. The monoisotopic (exact) mass is 241 g/mol. The fourth-order valence-corrected chi connectivity index (χ4v) is 1.61. The number of halogens is 1. The van der Waals surface area contributed by atoms with Crippen molar-refractivity contribution in [1.82, 2.24) is 4.98 Å². The molecule has 0 bridgehead atoms. The Morgan fingerprint density at radius 2 is 2.18 bits per heavy atom. The van der Waals surface area contributed by atoms with Crippen molar-refractivity contribution in [1.29, 1.82) is 0 Å². The Balaban J connectivity index is 0.000000686. The quantitative estimate of drug-likeness (QED) is 0.558. The van der Waals surface area contributed by atoms with E-state index in [1.165, 1.54) is 13.2 Å². The molecule has 5 heteroatoms. The van der Waals surface area contributed by atoms with Crippen LogP contribution < -0.4 is 4.74 Å². The molecule has 2 heterocycles. The fourth-order valence-electron chi connectivity index (χ4n) is 1.61. The molecule has 1 aromatic rings. The van der Waals surface area contributed by atoms with Crippen molar-refractivity contribution in [2.75, 3.05) is 7.11 Å². The van der Waals surface area contributed by atoms with Crippen LogP contribution in [0.2, 0.25) is 0 Å². The lowest BCUT2D eigenvalue weighted by Gasteiger charge is -2.19. The van der Waals surface area contributed by atoms with Gasteiger partial charge in [-0.1, -0.05) is 13.8 Å². The van der Waals surface area contributed by atoms with Crippen molar-refractivity contribution in [2.24, 2.45) is 0 Å². The van der Waals surface area contributed by atoms with Crippen LogP contribution in [0.5, 0.6) is 5.88 Å². The van der Waals surface area contributed by atoms with Crippen LogP contribution in [0.15, 0.2) is 12.1 Å². The topological polar surface area (TPSA) is 48.4 Å². The molecule has 4 nitrogen and oxygen atoms in total. The van der Waals surface area contributed by atoms with Crippen LogP contribution in [0.25, 0.3) is 0 Å². The van der Waals surface area contributed by atoms with Crippen LogP contribution in [0.1, 0.15) is 26.3 Å². The fraction of sp³-hybridized carbons (Fsp3) is 0.500. The Bertz CT molecular complexity index is 422. The second-order valence-corrected chi connectivity index (χ2v) is 3.60. The lowest BCUT2D eigenvalue weighted by atomic mass is 10.0. The smallest absolute Gasteiger partial charge is 0.350 e. The average molecular weight is 241 g/mol. The molecule has 1 aromatic heterocycles. The zero-order chi connectivity index (χ0) is 13.1. The van der Waals surface area contributed by atoms with Gasteiger partial charge in [0.15, 0.2) is 0 Å². The van der Waals surface area contributed by atoms with E-state index in [9.17, 15) is 9.18 Å². The first-order valence-corrected chi connectivity index (χ1v) is 5.48. The molecule has 0 aromatic carbocycles. The molecule has 1 aliphatic heterocycles. The number of esters is 1. The van der Waals surface area contributed by atoms with E-state index in [0.29, 0.717) is 12.0 Å². The van der Waals surface area contributed by atoms with Crippen LogP contribution in [0.3, 0.4) is 0 Å². The maximum absolute atomic E-state index is 12.8. The zero-order valence-corrected chi connectivity index (χ0v) is 10.4. The van der Waals surface area contributed by atoms with Gasteiger partial charge in [-0.15, -0.1) is 0 Å². The standard InChI is InChI=1S/C10H10FNO3.C2H6/c1-10(9(13)14-2)5-6-3-4-7(11)12-8(6)15-10;1-2/h3-4H,5H2,1-2H3;1-2H3. The van der Waals surface area contributed by atoms with E-state index in [0.717, 1.165) is 0 Å². The van der Waals surface area contributed by atoms with E-state index in [4.69, 9.17) is 4.74 Å². The Hall–Kier alpha value is -1.65. The van der Waals surface area contributed by atoms with Gasteiger partial charge in [-0.3, -0.25) is 0 Å². The molecule has 94 valence electrons. The minimum Gasteiger partial charge on any atom is -0.466 e. The van der Waals surface area contributed by atoms with E-state index in [1.807, 2.05) is 13.8 Å². The summed E-state index contributed by atoms with van der Waals surface area (Å²) in [7, 11) is 1.29. The van der Waals surface area contributed by atoms with E-state index in [1.54, 1.807) is 13.0 Å². The second kappa shape index (κ2) is 5.12. The number of aromatic nitrogens is 1. The molecule has 0 spiro atoms. The van der Waals surface area contributed by atoms with Gasteiger partial charge in [-0.25, -0.2) is 4.79 Å². The normalized spacial score (nSPS) is 20.8. The van der Waals surface area contributed by atoms with Gasteiger partial charge in [0.2, 0.25) is 17.4 Å². The maximum atomic E-state index is 12.8. The third kappa shape index (κ3) is 2.54. The van der Waals surface area contributed by atoms with Gasteiger partial charge in [-0.2, -0.15) is 9.37 Å². The molecule has 2 rings (SSSR count). The second-order valence-electron chi connectivity index (χ2n) is 3.60. The molecule has 17 heavy (non-hydrogen) atoms. The van der Waals surface area contributed by atoms with Crippen molar-refractivity contribution < 1.29 is 18.7 Å². The summed E-state index contributed by atoms with van der Waals surface area (Å²) in [4.78, 5) is 15.0. The summed E-state index contributed by atoms with van der Waals surface area (Å²) >= 11 is 0. The molecule has 0 N–H and O–H groups in total. The Labute approximate surface area is 99.8 Å². The lowest BCUT2D eigenvalue weighted by molar-refractivity contribution is -0.156. The number of pyridine rings is 1. The number of carbonyl (C=O) groups is 1.